The molecule has 0 heterocycles. The SMILES string of the molecule is CC1(CNCC(=O)Nc2cccc(Br)c2)CCCC1. The highest BCUT2D eigenvalue weighted by atomic mass is 79.9. The van der Waals surface area contributed by atoms with Crippen LogP contribution in [0.2, 0.25) is 0 Å². The first kappa shape index (κ1) is 14.5. The molecule has 1 aliphatic rings. The molecule has 0 spiro atoms. The van der Waals surface area contributed by atoms with Crippen molar-refractivity contribution < 1.29 is 4.79 Å². The Bertz CT molecular complexity index is 442. The molecule has 0 aliphatic heterocycles. The Labute approximate surface area is 123 Å². The van der Waals surface area contributed by atoms with E-state index in [0.717, 1.165) is 16.7 Å². The maximum Gasteiger partial charge on any atom is 0.238 e. The Kier molecular flexibility index (Phi) is 4.99. The Morgan fingerprint density at radius 2 is 2.11 bits per heavy atom. The molecule has 0 unspecified atom stereocenters. The average Bonchev–Trinajstić information content (AvgIpc) is 2.76. The third kappa shape index (κ3) is 4.62. The van der Waals surface area contributed by atoms with Gasteiger partial charge in [-0.1, -0.05) is 41.8 Å². The minimum absolute atomic E-state index is 0.0136. The highest BCUT2D eigenvalue weighted by Gasteiger charge is 2.27. The molecule has 19 heavy (non-hydrogen) atoms. The number of hydrogen-bond acceptors (Lipinski definition) is 2. The van der Waals surface area contributed by atoms with E-state index in [1.165, 1.54) is 25.7 Å². The summed E-state index contributed by atoms with van der Waals surface area (Å²) in [6, 6.07) is 7.64. The smallest absolute Gasteiger partial charge is 0.238 e. The van der Waals surface area contributed by atoms with Crippen LogP contribution in [-0.2, 0) is 4.79 Å². The Balaban J connectivity index is 1.73. The number of rotatable bonds is 5. The van der Waals surface area contributed by atoms with Crippen molar-refractivity contribution in [3.05, 3.63) is 28.7 Å². The van der Waals surface area contributed by atoms with E-state index in [1.807, 2.05) is 24.3 Å². The normalized spacial score (nSPS) is 17.4. The van der Waals surface area contributed by atoms with Crippen LogP contribution in [0.1, 0.15) is 32.6 Å². The second-order valence-corrected chi connectivity index (χ2v) is 6.60. The van der Waals surface area contributed by atoms with Crippen molar-refractivity contribution in [2.24, 2.45) is 5.41 Å². The topological polar surface area (TPSA) is 41.1 Å². The summed E-state index contributed by atoms with van der Waals surface area (Å²) in [5, 5.41) is 6.17. The van der Waals surface area contributed by atoms with E-state index in [1.54, 1.807) is 0 Å². The van der Waals surface area contributed by atoms with Gasteiger partial charge in [0.15, 0.2) is 0 Å². The highest BCUT2D eigenvalue weighted by molar-refractivity contribution is 9.10. The van der Waals surface area contributed by atoms with E-state index in [2.05, 4.69) is 33.5 Å². The zero-order valence-corrected chi connectivity index (χ0v) is 12.9. The Hall–Kier alpha value is -0.870. The van der Waals surface area contributed by atoms with Crippen LogP contribution in [0.4, 0.5) is 5.69 Å². The monoisotopic (exact) mass is 324 g/mol. The van der Waals surface area contributed by atoms with Gasteiger partial charge in [0, 0.05) is 16.7 Å². The molecule has 1 aromatic carbocycles. The largest absolute Gasteiger partial charge is 0.325 e. The van der Waals surface area contributed by atoms with E-state index < -0.39 is 0 Å². The number of nitrogens with one attached hydrogen (secondary N) is 2. The maximum absolute atomic E-state index is 11.8. The molecule has 0 aromatic heterocycles. The molecular weight excluding hydrogens is 304 g/mol. The molecule has 4 heteroatoms. The fraction of sp³-hybridized carbons (Fsp3) is 0.533. The van der Waals surface area contributed by atoms with Crippen molar-refractivity contribution in [3.8, 4) is 0 Å². The number of hydrogen-bond donors (Lipinski definition) is 2. The van der Waals surface area contributed by atoms with Crippen molar-refractivity contribution in [1.29, 1.82) is 0 Å². The quantitative estimate of drug-likeness (QED) is 0.869. The molecule has 1 aliphatic carbocycles. The number of anilines is 1. The number of carbonyl (C=O) groups excluding carboxylic acids is 1. The van der Waals surface area contributed by atoms with Crippen molar-refractivity contribution in [2.75, 3.05) is 18.4 Å². The third-order valence-electron chi connectivity index (χ3n) is 3.76. The standard InChI is InChI=1S/C15H21BrN2O/c1-15(7-2-3-8-15)11-17-10-14(19)18-13-6-4-5-12(16)9-13/h4-6,9,17H,2-3,7-8,10-11H2,1H3,(H,18,19). The van der Waals surface area contributed by atoms with Crippen LogP contribution in [0.3, 0.4) is 0 Å². The molecule has 0 saturated heterocycles. The summed E-state index contributed by atoms with van der Waals surface area (Å²) in [6.07, 6.45) is 5.19. The van der Waals surface area contributed by atoms with Gasteiger partial charge in [-0.05, 0) is 36.5 Å². The van der Waals surface area contributed by atoms with Gasteiger partial charge in [-0.3, -0.25) is 4.79 Å². The zero-order chi connectivity index (χ0) is 13.7. The molecule has 104 valence electrons. The van der Waals surface area contributed by atoms with Crippen LogP contribution >= 0.6 is 15.9 Å². The molecule has 1 amide bonds. The van der Waals surface area contributed by atoms with E-state index in [4.69, 9.17) is 0 Å². The molecular formula is C15H21BrN2O. The first-order valence-corrected chi connectivity index (χ1v) is 7.63. The minimum Gasteiger partial charge on any atom is -0.325 e. The van der Waals surface area contributed by atoms with Crippen LogP contribution in [0.15, 0.2) is 28.7 Å². The lowest BCUT2D eigenvalue weighted by molar-refractivity contribution is -0.115. The van der Waals surface area contributed by atoms with Crippen molar-refractivity contribution in [1.82, 2.24) is 5.32 Å². The molecule has 2 N–H and O–H groups in total. The highest BCUT2D eigenvalue weighted by Crippen LogP contribution is 2.36. The van der Waals surface area contributed by atoms with Crippen molar-refractivity contribution in [2.45, 2.75) is 32.6 Å². The lowest BCUT2D eigenvalue weighted by Gasteiger charge is -2.23. The van der Waals surface area contributed by atoms with Gasteiger partial charge in [0.25, 0.3) is 0 Å². The van der Waals surface area contributed by atoms with E-state index in [9.17, 15) is 4.79 Å². The molecule has 2 rings (SSSR count). The van der Waals surface area contributed by atoms with Crippen molar-refractivity contribution in [3.63, 3.8) is 0 Å². The summed E-state index contributed by atoms with van der Waals surface area (Å²) in [5.74, 6) is 0.0136. The number of carbonyl (C=O) groups is 1. The first-order chi connectivity index (χ1) is 9.07. The third-order valence-corrected chi connectivity index (χ3v) is 4.25. The second kappa shape index (κ2) is 6.53. The number of benzene rings is 1. The van der Waals surface area contributed by atoms with Crippen LogP contribution in [0.5, 0.6) is 0 Å². The van der Waals surface area contributed by atoms with Gasteiger partial charge in [-0.15, -0.1) is 0 Å². The van der Waals surface area contributed by atoms with Gasteiger partial charge in [0.05, 0.1) is 6.54 Å². The Morgan fingerprint density at radius 1 is 1.37 bits per heavy atom. The maximum atomic E-state index is 11.8. The zero-order valence-electron chi connectivity index (χ0n) is 11.3. The summed E-state index contributed by atoms with van der Waals surface area (Å²) < 4.78 is 0.969. The van der Waals surface area contributed by atoms with Gasteiger partial charge in [-0.2, -0.15) is 0 Å². The summed E-state index contributed by atoms with van der Waals surface area (Å²) in [7, 11) is 0. The summed E-state index contributed by atoms with van der Waals surface area (Å²) in [4.78, 5) is 11.8. The lowest BCUT2D eigenvalue weighted by atomic mass is 9.89. The van der Waals surface area contributed by atoms with Gasteiger partial charge >= 0.3 is 0 Å². The fourth-order valence-corrected chi connectivity index (χ4v) is 3.05. The molecule has 0 radical (unpaired) electrons. The van der Waals surface area contributed by atoms with Crippen LogP contribution in [-0.4, -0.2) is 19.0 Å². The lowest BCUT2D eigenvalue weighted by Crippen LogP contribution is -2.35. The molecule has 3 nitrogen and oxygen atoms in total. The van der Waals surface area contributed by atoms with Crippen LogP contribution in [0.25, 0.3) is 0 Å². The van der Waals surface area contributed by atoms with Gasteiger partial charge in [-0.25, -0.2) is 0 Å². The fourth-order valence-electron chi connectivity index (χ4n) is 2.65. The molecule has 1 saturated carbocycles. The predicted molar refractivity (Wildman–Crippen MR) is 82.2 cm³/mol. The molecule has 0 bridgehead atoms. The molecule has 1 fully saturated rings. The number of amides is 1. The minimum atomic E-state index is 0.0136. The summed E-state index contributed by atoms with van der Waals surface area (Å²) >= 11 is 3.39. The van der Waals surface area contributed by atoms with Crippen LogP contribution in [0, 0.1) is 5.41 Å². The first-order valence-electron chi connectivity index (χ1n) is 6.84. The van der Waals surface area contributed by atoms with E-state index in [-0.39, 0.29) is 5.91 Å². The Morgan fingerprint density at radius 3 is 2.79 bits per heavy atom. The average molecular weight is 325 g/mol. The van der Waals surface area contributed by atoms with Crippen LogP contribution < -0.4 is 10.6 Å². The predicted octanol–water partition coefficient (Wildman–Crippen LogP) is 3.56. The summed E-state index contributed by atoms with van der Waals surface area (Å²) in [6.45, 7) is 3.61. The summed E-state index contributed by atoms with van der Waals surface area (Å²) in [5.41, 5.74) is 1.21. The van der Waals surface area contributed by atoms with Gasteiger partial charge < -0.3 is 10.6 Å². The van der Waals surface area contributed by atoms with E-state index >= 15 is 0 Å². The van der Waals surface area contributed by atoms with Gasteiger partial charge in [0.1, 0.15) is 0 Å². The second-order valence-electron chi connectivity index (χ2n) is 5.68. The van der Waals surface area contributed by atoms with Crippen molar-refractivity contribution >= 4 is 27.5 Å². The number of halogens is 1. The molecule has 0 atom stereocenters. The van der Waals surface area contributed by atoms with E-state index in [0.29, 0.717) is 12.0 Å². The molecule has 1 aromatic rings. The van der Waals surface area contributed by atoms with Gasteiger partial charge in [0.2, 0.25) is 5.91 Å².